The average molecular weight is 189 g/mol. The van der Waals surface area contributed by atoms with Gasteiger partial charge < -0.3 is 5.11 Å². The summed E-state index contributed by atoms with van der Waals surface area (Å²) in [7, 11) is 0. The van der Waals surface area contributed by atoms with Crippen molar-refractivity contribution in [2.75, 3.05) is 6.54 Å². The molecule has 2 aliphatic rings. The summed E-state index contributed by atoms with van der Waals surface area (Å²) in [4.78, 5) is 0. The zero-order valence-electron chi connectivity index (χ0n) is 8.11. The van der Waals surface area contributed by atoms with E-state index < -0.39 is 0 Å². The number of nitrogens with one attached hydrogen (secondary N) is 1. The highest BCUT2D eigenvalue weighted by molar-refractivity contribution is 5.37. The molecule has 1 fully saturated rings. The van der Waals surface area contributed by atoms with E-state index in [1.807, 2.05) is 0 Å². The molecule has 2 nitrogen and oxygen atoms in total. The highest BCUT2D eigenvalue weighted by Gasteiger charge is 2.38. The summed E-state index contributed by atoms with van der Waals surface area (Å²) >= 11 is 0. The normalized spacial score (nSPS) is 35.1. The van der Waals surface area contributed by atoms with Crippen LogP contribution in [0.25, 0.3) is 0 Å². The van der Waals surface area contributed by atoms with E-state index in [1.165, 1.54) is 17.5 Å². The third-order valence-corrected chi connectivity index (χ3v) is 3.61. The minimum Gasteiger partial charge on any atom is -0.378 e. The van der Waals surface area contributed by atoms with Gasteiger partial charge in [0.2, 0.25) is 0 Å². The van der Waals surface area contributed by atoms with Crippen LogP contribution < -0.4 is 5.32 Å². The van der Waals surface area contributed by atoms with Crippen molar-refractivity contribution in [3.63, 3.8) is 0 Å². The SMILES string of the molecule is OC1NCCC2Cc3ccccc3C21. The Bertz CT molecular complexity index is 350. The molecule has 0 saturated carbocycles. The smallest absolute Gasteiger partial charge is 0.112 e. The molecule has 0 aromatic heterocycles. The summed E-state index contributed by atoms with van der Waals surface area (Å²) in [5.74, 6) is 0.989. The van der Waals surface area contributed by atoms with E-state index in [9.17, 15) is 5.11 Å². The fourth-order valence-corrected chi connectivity index (χ4v) is 2.96. The van der Waals surface area contributed by atoms with Crippen LogP contribution in [-0.2, 0) is 6.42 Å². The minimum absolute atomic E-state index is 0.333. The molecule has 0 amide bonds. The van der Waals surface area contributed by atoms with Gasteiger partial charge in [0, 0.05) is 5.92 Å². The van der Waals surface area contributed by atoms with Gasteiger partial charge in [-0.1, -0.05) is 24.3 Å². The van der Waals surface area contributed by atoms with E-state index in [4.69, 9.17) is 0 Å². The van der Waals surface area contributed by atoms with Crippen molar-refractivity contribution in [1.82, 2.24) is 5.32 Å². The standard InChI is InChI=1S/C12H15NO/c14-12-11-9(5-6-13-12)7-8-3-1-2-4-10(8)11/h1-4,9,11-14H,5-7H2. The van der Waals surface area contributed by atoms with Crippen molar-refractivity contribution < 1.29 is 5.11 Å². The maximum Gasteiger partial charge on any atom is 0.112 e. The Morgan fingerprint density at radius 3 is 3.07 bits per heavy atom. The number of piperidine rings is 1. The zero-order chi connectivity index (χ0) is 9.54. The van der Waals surface area contributed by atoms with Crippen molar-refractivity contribution >= 4 is 0 Å². The molecule has 1 aromatic rings. The third kappa shape index (κ3) is 1.11. The predicted molar refractivity (Wildman–Crippen MR) is 55.0 cm³/mol. The Morgan fingerprint density at radius 1 is 1.29 bits per heavy atom. The van der Waals surface area contributed by atoms with Crippen molar-refractivity contribution in [2.45, 2.75) is 25.0 Å². The molecule has 0 bridgehead atoms. The first kappa shape index (κ1) is 8.45. The number of aliphatic hydroxyl groups is 1. The predicted octanol–water partition coefficient (Wildman–Crippen LogP) is 1.25. The highest BCUT2D eigenvalue weighted by Crippen LogP contribution is 2.42. The van der Waals surface area contributed by atoms with Crippen LogP contribution in [0.4, 0.5) is 0 Å². The molecule has 1 aliphatic carbocycles. The van der Waals surface area contributed by atoms with Gasteiger partial charge in [0.1, 0.15) is 6.23 Å². The lowest BCUT2D eigenvalue weighted by molar-refractivity contribution is 0.0615. The number of hydrogen-bond donors (Lipinski definition) is 2. The molecule has 3 unspecified atom stereocenters. The Hall–Kier alpha value is -0.860. The van der Waals surface area contributed by atoms with Crippen molar-refractivity contribution in [1.29, 1.82) is 0 Å². The van der Waals surface area contributed by atoms with Gasteiger partial charge >= 0.3 is 0 Å². The summed E-state index contributed by atoms with van der Waals surface area (Å²) in [6, 6.07) is 8.52. The Kier molecular flexibility index (Phi) is 1.85. The van der Waals surface area contributed by atoms with E-state index in [1.54, 1.807) is 0 Å². The fourth-order valence-electron chi connectivity index (χ4n) is 2.96. The number of fused-ring (bicyclic) bond motifs is 3. The molecule has 1 aliphatic heterocycles. The van der Waals surface area contributed by atoms with Gasteiger partial charge in [-0.15, -0.1) is 0 Å². The maximum atomic E-state index is 9.92. The molecule has 1 saturated heterocycles. The van der Waals surface area contributed by atoms with Gasteiger partial charge in [0.05, 0.1) is 0 Å². The Labute approximate surface area is 84.0 Å². The first-order valence-corrected chi connectivity index (χ1v) is 5.35. The lowest BCUT2D eigenvalue weighted by Crippen LogP contribution is -2.42. The number of benzene rings is 1. The number of aliphatic hydroxyl groups excluding tert-OH is 1. The molecule has 2 N–H and O–H groups in total. The second kappa shape index (κ2) is 3.07. The maximum absolute atomic E-state index is 9.92. The summed E-state index contributed by atoms with van der Waals surface area (Å²) in [6.07, 6.45) is 2.01. The van der Waals surface area contributed by atoms with E-state index in [2.05, 4.69) is 29.6 Å². The van der Waals surface area contributed by atoms with Gasteiger partial charge in [0.15, 0.2) is 0 Å². The number of rotatable bonds is 0. The molecule has 2 heteroatoms. The molecular formula is C12H15NO. The third-order valence-electron chi connectivity index (χ3n) is 3.61. The highest BCUT2D eigenvalue weighted by atomic mass is 16.3. The van der Waals surface area contributed by atoms with Crippen LogP contribution in [0.1, 0.15) is 23.5 Å². The van der Waals surface area contributed by atoms with Crippen LogP contribution >= 0.6 is 0 Å². The molecule has 3 rings (SSSR count). The largest absolute Gasteiger partial charge is 0.378 e. The van der Waals surface area contributed by atoms with Crippen LogP contribution in [0.3, 0.4) is 0 Å². The lowest BCUT2D eigenvalue weighted by Gasteiger charge is -2.31. The van der Waals surface area contributed by atoms with E-state index in [0.29, 0.717) is 11.8 Å². The summed E-state index contributed by atoms with van der Waals surface area (Å²) in [5.41, 5.74) is 2.79. The van der Waals surface area contributed by atoms with E-state index >= 15 is 0 Å². The second-order valence-corrected chi connectivity index (χ2v) is 4.38. The Morgan fingerprint density at radius 2 is 2.14 bits per heavy atom. The molecule has 3 atom stereocenters. The van der Waals surface area contributed by atoms with Gasteiger partial charge in [-0.2, -0.15) is 0 Å². The summed E-state index contributed by atoms with van der Waals surface area (Å²) in [5, 5.41) is 13.1. The summed E-state index contributed by atoms with van der Waals surface area (Å²) in [6.45, 7) is 0.955. The van der Waals surface area contributed by atoms with Gasteiger partial charge in [0.25, 0.3) is 0 Å². The molecule has 14 heavy (non-hydrogen) atoms. The molecular weight excluding hydrogens is 174 g/mol. The van der Waals surface area contributed by atoms with Crippen LogP contribution in [0.5, 0.6) is 0 Å². The van der Waals surface area contributed by atoms with Crippen LogP contribution in [0, 0.1) is 5.92 Å². The van der Waals surface area contributed by atoms with Crippen LogP contribution in [0.2, 0.25) is 0 Å². The van der Waals surface area contributed by atoms with Crippen LogP contribution in [-0.4, -0.2) is 17.9 Å². The summed E-state index contributed by atoms with van der Waals surface area (Å²) < 4.78 is 0. The van der Waals surface area contributed by atoms with E-state index in [0.717, 1.165) is 13.0 Å². The van der Waals surface area contributed by atoms with Gasteiger partial charge in [-0.25, -0.2) is 0 Å². The average Bonchev–Trinajstić information content (AvgIpc) is 2.57. The van der Waals surface area contributed by atoms with Crippen molar-refractivity contribution in [3.05, 3.63) is 35.4 Å². The molecule has 1 heterocycles. The fraction of sp³-hybridized carbons (Fsp3) is 0.500. The quantitative estimate of drug-likeness (QED) is 0.644. The van der Waals surface area contributed by atoms with Crippen LogP contribution in [0.15, 0.2) is 24.3 Å². The second-order valence-electron chi connectivity index (χ2n) is 4.38. The molecule has 0 radical (unpaired) electrons. The Balaban J connectivity index is 2.03. The zero-order valence-corrected chi connectivity index (χ0v) is 8.11. The topological polar surface area (TPSA) is 32.3 Å². The number of hydrogen-bond acceptors (Lipinski definition) is 2. The monoisotopic (exact) mass is 189 g/mol. The van der Waals surface area contributed by atoms with Gasteiger partial charge in [-0.3, -0.25) is 5.32 Å². The molecule has 1 aromatic carbocycles. The lowest BCUT2D eigenvalue weighted by atomic mass is 9.86. The minimum atomic E-state index is -0.336. The van der Waals surface area contributed by atoms with Gasteiger partial charge in [-0.05, 0) is 36.4 Å². The van der Waals surface area contributed by atoms with Crippen molar-refractivity contribution in [3.8, 4) is 0 Å². The van der Waals surface area contributed by atoms with E-state index in [-0.39, 0.29) is 6.23 Å². The molecule has 74 valence electrons. The first-order valence-electron chi connectivity index (χ1n) is 5.35. The van der Waals surface area contributed by atoms with Crippen molar-refractivity contribution in [2.24, 2.45) is 5.92 Å². The molecule has 0 spiro atoms. The first-order chi connectivity index (χ1) is 6.86.